The Morgan fingerprint density at radius 2 is 2.00 bits per heavy atom. The second kappa shape index (κ2) is 3.14. The van der Waals surface area contributed by atoms with Gasteiger partial charge < -0.3 is 4.42 Å². The summed E-state index contributed by atoms with van der Waals surface area (Å²) >= 11 is 6.45. The lowest BCUT2D eigenvalue weighted by Crippen LogP contribution is -2.21. The molecule has 0 amide bonds. The second-order valence-corrected chi connectivity index (χ2v) is 4.23. The van der Waals surface area contributed by atoms with Crippen molar-refractivity contribution in [3.63, 3.8) is 0 Å². The van der Waals surface area contributed by atoms with Crippen LogP contribution in [0.4, 0.5) is 0 Å². The molecule has 0 atom stereocenters. The van der Waals surface area contributed by atoms with Crippen molar-refractivity contribution in [2.24, 2.45) is 0 Å². The van der Waals surface area contributed by atoms with Gasteiger partial charge in [0.2, 0.25) is 0 Å². The van der Waals surface area contributed by atoms with Crippen molar-refractivity contribution in [2.45, 2.75) is 37.0 Å². The molecule has 0 bridgehead atoms. The smallest absolute Gasteiger partial charge is 0.124 e. The van der Waals surface area contributed by atoms with Crippen molar-refractivity contribution in [3.05, 3.63) is 24.2 Å². The number of furan rings is 1. The van der Waals surface area contributed by atoms with Gasteiger partial charge in [-0.15, -0.1) is 11.6 Å². The van der Waals surface area contributed by atoms with Gasteiger partial charge in [-0.2, -0.15) is 0 Å². The van der Waals surface area contributed by atoms with Crippen molar-refractivity contribution < 1.29 is 4.42 Å². The Morgan fingerprint density at radius 3 is 2.58 bits per heavy atom. The highest BCUT2D eigenvalue weighted by molar-refractivity contribution is 6.23. The van der Waals surface area contributed by atoms with Crippen molar-refractivity contribution in [1.29, 1.82) is 0 Å². The maximum Gasteiger partial charge on any atom is 0.124 e. The third-order valence-corrected chi connectivity index (χ3v) is 3.17. The summed E-state index contributed by atoms with van der Waals surface area (Å²) in [5, 5.41) is 0. The summed E-state index contributed by atoms with van der Waals surface area (Å²) in [5.41, 5.74) is 0. The summed E-state index contributed by atoms with van der Waals surface area (Å²) in [6, 6.07) is 3.90. The Morgan fingerprint density at radius 1 is 1.25 bits per heavy atom. The molecular weight excluding hydrogens is 172 g/mol. The van der Waals surface area contributed by atoms with E-state index in [0.717, 1.165) is 18.6 Å². The zero-order chi connectivity index (χ0) is 8.44. The van der Waals surface area contributed by atoms with E-state index in [1.807, 2.05) is 12.1 Å². The first-order chi connectivity index (χ1) is 5.81. The van der Waals surface area contributed by atoms with Crippen LogP contribution in [0, 0.1) is 0 Å². The molecule has 12 heavy (non-hydrogen) atoms. The van der Waals surface area contributed by atoms with Gasteiger partial charge in [-0.05, 0) is 25.0 Å². The number of alkyl halides is 1. The first-order valence-corrected chi connectivity index (χ1v) is 4.92. The molecule has 0 saturated heterocycles. The maximum absolute atomic E-state index is 6.45. The fourth-order valence-corrected chi connectivity index (χ4v) is 2.27. The van der Waals surface area contributed by atoms with Crippen LogP contribution in [-0.2, 0) is 4.87 Å². The zero-order valence-corrected chi connectivity index (χ0v) is 7.81. The largest absolute Gasteiger partial charge is 0.467 e. The molecule has 1 aliphatic rings. The molecule has 0 radical (unpaired) electrons. The summed E-state index contributed by atoms with van der Waals surface area (Å²) in [6.45, 7) is 0. The van der Waals surface area contributed by atoms with Crippen LogP contribution in [-0.4, -0.2) is 0 Å². The van der Waals surface area contributed by atoms with Gasteiger partial charge in [0.05, 0.1) is 6.26 Å². The van der Waals surface area contributed by atoms with Crippen LogP contribution in [0.3, 0.4) is 0 Å². The molecule has 0 N–H and O–H groups in total. The molecule has 0 aliphatic heterocycles. The minimum atomic E-state index is -0.193. The van der Waals surface area contributed by atoms with Crippen LogP contribution in [0.25, 0.3) is 0 Å². The van der Waals surface area contributed by atoms with Crippen molar-refractivity contribution >= 4 is 11.6 Å². The summed E-state index contributed by atoms with van der Waals surface area (Å²) in [5.74, 6) is 0.948. The van der Waals surface area contributed by atoms with Crippen LogP contribution >= 0.6 is 11.6 Å². The molecule has 2 rings (SSSR count). The quantitative estimate of drug-likeness (QED) is 0.607. The molecule has 1 fully saturated rings. The van der Waals surface area contributed by atoms with Gasteiger partial charge in [0.1, 0.15) is 10.6 Å². The van der Waals surface area contributed by atoms with Crippen LogP contribution in [0.2, 0.25) is 0 Å². The molecule has 0 unspecified atom stereocenters. The first kappa shape index (κ1) is 8.18. The molecule has 1 nitrogen and oxygen atoms in total. The standard InChI is InChI=1S/C10H13ClO/c11-10(6-2-1-3-7-10)9-5-4-8-12-9/h4-5,8H,1-3,6-7H2. The molecule has 1 aromatic rings. The summed E-state index contributed by atoms with van der Waals surface area (Å²) in [6.07, 6.45) is 7.59. The molecular formula is C10H13ClO. The fourth-order valence-electron chi connectivity index (χ4n) is 1.89. The molecule has 1 saturated carbocycles. The highest BCUT2D eigenvalue weighted by Crippen LogP contribution is 2.42. The predicted molar refractivity (Wildman–Crippen MR) is 49.3 cm³/mol. The van der Waals surface area contributed by atoms with Gasteiger partial charge >= 0.3 is 0 Å². The van der Waals surface area contributed by atoms with Crippen molar-refractivity contribution in [3.8, 4) is 0 Å². The predicted octanol–water partition coefficient (Wildman–Crippen LogP) is 3.68. The first-order valence-electron chi connectivity index (χ1n) is 4.54. The molecule has 1 aliphatic carbocycles. The van der Waals surface area contributed by atoms with E-state index in [4.69, 9.17) is 16.0 Å². The minimum Gasteiger partial charge on any atom is -0.467 e. The molecule has 1 heterocycles. The normalized spacial score (nSPS) is 22.4. The zero-order valence-electron chi connectivity index (χ0n) is 7.05. The van der Waals surface area contributed by atoms with Crippen LogP contribution in [0.5, 0.6) is 0 Å². The fraction of sp³-hybridized carbons (Fsp3) is 0.600. The van der Waals surface area contributed by atoms with E-state index < -0.39 is 0 Å². The van der Waals surface area contributed by atoms with E-state index in [1.54, 1.807) is 6.26 Å². The van der Waals surface area contributed by atoms with E-state index in [1.165, 1.54) is 19.3 Å². The highest BCUT2D eigenvalue weighted by Gasteiger charge is 2.33. The maximum atomic E-state index is 6.45. The molecule has 66 valence electrons. The minimum absolute atomic E-state index is 0.193. The van der Waals surface area contributed by atoms with Crippen molar-refractivity contribution in [1.82, 2.24) is 0 Å². The van der Waals surface area contributed by atoms with E-state index in [0.29, 0.717) is 0 Å². The summed E-state index contributed by atoms with van der Waals surface area (Å²) < 4.78 is 5.34. The van der Waals surface area contributed by atoms with Gasteiger partial charge in [-0.25, -0.2) is 0 Å². The molecule has 1 aromatic heterocycles. The van der Waals surface area contributed by atoms with E-state index >= 15 is 0 Å². The van der Waals surface area contributed by atoms with Gasteiger partial charge in [0.25, 0.3) is 0 Å². The van der Waals surface area contributed by atoms with Gasteiger partial charge in [0, 0.05) is 0 Å². The SMILES string of the molecule is ClC1(c2ccco2)CCCCC1. The number of hydrogen-bond acceptors (Lipinski definition) is 1. The Kier molecular flexibility index (Phi) is 2.14. The summed E-state index contributed by atoms with van der Waals surface area (Å²) in [7, 11) is 0. The lowest BCUT2D eigenvalue weighted by molar-refractivity contribution is 0.336. The molecule has 2 heteroatoms. The van der Waals surface area contributed by atoms with Crippen LogP contribution < -0.4 is 0 Å². The Bertz CT molecular complexity index is 234. The highest BCUT2D eigenvalue weighted by atomic mass is 35.5. The van der Waals surface area contributed by atoms with Gasteiger partial charge in [-0.3, -0.25) is 0 Å². The lowest BCUT2D eigenvalue weighted by Gasteiger charge is -2.28. The van der Waals surface area contributed by atoms with E-state index in [-0.39, 0.29) is 4.87 Å². The van der Waals surface area contributed by atoms with Gasteiger partial charge in [-0.1, -0.05) is 19.3 Å². The third kappa shape index (κ3) is 1.38. The Balaban J connectivity index is 2.19. The molecule has 0 spiro atoms. The topological polar surface area (TPSA) is 13.1 Å². The van der Waals surface area contributed by atoms with Crippen molar-refractivity contribution in [2.75, 3.05) is 0 Å². The lowest BCUT2D eigenvalue weighted by atomic mass is 9.87. The van der Waals surface area contributed by atoms with Gasteiger partial charge in [0.15, 0.2) is 0 Å². The second-order valence-electron chi connectivity index (χ2n) is 3.50. The number of hydrogen-bond donors (Lipinski definition) is 0. The number of rotatable bonds is 1. The van der Waals surface area contributed by atoms with Crippen LogP contribution in [0.1, 0.15) is 37.9 Å². The molecule has 0 aromatic carbocycles. The van der Waals surface area contributed by atoms with E-state index in [2.05, 4.69) is 0 Å². The average molecular weight is 185 g/mol. The summed E-state index contributed by atoms with van der Waals surface area (Å²) in [4.78, 5) is -0.193. The monoisotopic (exact) mass is 184 g/mol. The van der Waals surface area contributed by atoms with Crippen LogP contribution in [0.15, 0.2) is 22.8 Å². The van der Waals surface area contributed by atoms with E-state index in [9.17, 15) is 0 Å². The Labute approximate surface area is 77.7 Å². The Hall–Kier alpha value is -0.430. The number of halogens is 1. The average Bonchev–Trinajstić information content (AvgIpc) is 2.58. The third-order valence-electron chi connectivity index (χ3n) is 2.61.